The maximum absolute atomic E-state index is 5.15. The molecule has 1 aromatic carbocycles. The van der Waals surface area contributed by atoms with Gasteiger partial charge in [-0.1, -0.05) is 24.3 Å². The van der Waals surface area contributed by atoms with Crippen LogP contribution in [0.5, 0.6) is 0 Å². The summed E-state index contributed by atoms with van der Waals surface area (Å²) >= 11 is 0. The summed E-state index contributed by atoms with van der Waals surface area (Å²) in [5.41, 5.74) is 2.35. The van der Waals surface area contributed by atoms with E-state index < -0.39 is 0 Å². The molecule has 0 bridgehead atoms. The number of benzene rings is 1. The summed E-state index contributed by atoms with van der Waals surface area (Å²) in [6.45, 7) is 0. The third-order valence-corrected chi connectivity index (χ3v) is 1.96. The summed E-state index contributed by atoms with van der Waals surface area (Å²) in [6.07, 6.45) is 4.09. The summed E-state index contributed by atoms with van der Waals surface area (Å²) in [4.78, 5) is 0. The van der Waals surface area contributed by atoms with Crippen molar-refractivity contribution in [3.8, 4) is 0 Å². The molecule has 1 unspecified atom stereocenters. The molecule has 1 atom stereocenters. The van der Waals surface area contributed by atoms with Crippen LogP contribution < -0.4 is 5.32 Å². The zero-order valence-electron chi connectivity index (χ0n) is 6.95. The summed E-state index contributed by atoms with van der Waals surface area (Å²) in [6, 6.07) is 8.16. The van der Waals surface area contributed by atoms with Gasteiger partial charge in [-0.3, -0.25) is 0 Å². The molecule has 2 rings (SSSR count). The second-order valence-corrected chi connectivity index (χ2v) is 2.75. The number of anilines is 1. The van der Waals surface area contributed by atoms with Crippen molar-refractivity contribution in [2.45, 2.75) is 6.23 Å². The van der Waals surface area contributed by atoms with Gasteiger partial charge in [0, 0.05) is 12.8 Å². The third-order valence-electron chi connectivity index (χ3n) is 1.96. The number of nitrogens with one attached hydrogen (secondary N) is 1. The van der Waals surface area contributed by atoms with Crippen molar-refractivity contribution >= 4 is 11.8 Å². The maximum atomic E-state index is 5.15. The molecule has 2 nitrogen and oxygen atoms in total. The van der Waals surface area contributed by atoms with Gasteiger partial charge in [-0.25, -0.2) is 0 Å². The quantitative estimate of drug-likeness (QED) is 0.681. The van der Waals surface area contributed by atoms with Crippen molar-refractivity contribution in [3.63, 3.8) is 0 Å². The molecule has 0 amide bonds. The summed E-state index contributed by atoms with van der Waals surface area (Å²) in [5, 5.41) is 3.24. The predicted molar refractivity (Wildman–Crippen MR) is 49.9 cm³/mol. The number of methoxy groups -OCH3 is 1. The van der Waals surface area contributed by atoms with Gasteiger partial charge in [0.2, 0.25) is 0 Å². The van der Waals surface area contributed by atoms with Crippen LogP contribution in [-0.2, 0) is 4.74 Å². The summed E-state index contributed by atoms with van der Waals surface area (Å²) in [7, 11) is 1.69. The first-order valence-electron chi connectivity index (χ1n) is 3.97. The minimum atomic E-state index is 0.0138. The molecule has 1 heterocycles. The minimum absolute atomic E-state index is 0.0138. The Labute approximate surface area is 71.9 Å². The highest BCUT2D eigenvalue weighted by molar-refractivity contribution is 5.70. The van der Waals surface area contributed by atoms with E-state index in [1.165, 1.54) is 5.56 Å². The van der Waals surface area contributed by atoms with Crippen molar-refractivity contribution < 1.29 is 4.74 Å². The lowest BCUT2D eigenvalue weighted by Gasteiger charge is -2.20. The fraction of sp³-hybridized carbons (Fsp3) is 0.200. The second-order valence-electron chi connectivity index (χ2n) is 2.75. The largest absolute Gasteiger partial charge is 0.358 e. The first-order valence-corrected chi connectivity index (χ1v) is 3.97. The molecule has 1 aliphatic rings. The average molecular weight is 161 g/mol. The lowest BCUT2D eigenvalue weighted by molar-refractivity contribution is 0.163. The van der Waals surface area contributed by atoms with Crippen LogP contribution in [0.15, 0.2) is 30.3 Å². The monoisotopic (exact) mass is 161 g/mol. The van der Waals surface area contributed by atoms with Gasteiger partial charge >= 0.3 is 0 Å². The average Bonchev–Trinajstić information content (AvgIpc) is 2.17. The standard InChI is InChI=1S/C10H11NO/c1-12-10-7-6-8-4-2-3-5-9(8)11-10/h2-7,10-11H,1H3. The van der Waals surface area contributed by atoms with Gasteiger partial charge in [-0.05, 0) is 17.7 Å². The van der Waals surface area contributed by atoms with Crippen LogP contribution in [0.2, 0.25) is 0 Å². The zero-order valence-corrected chi connectivity index (χ0v) is 6.95. The van der Waals surface area contributed by atoms with Gasteiger partial charge in [0.1, 0.15) is 6.23 Å². The van der Waals surface area contributed by atoms with E-state index in [-0.39, 0.29) is 6.23 Å². The van der Waals surface area contributed by atoms with E-state index >= 15 is 0 Å². The molecule has 2 heteroatoms. The Bertz CT molecular complexity index is 306. The highest BCUT2D eigenvalue weighted by atomic mass is 16.5. The topological polar surface area (TPSA) is 21.3 Å². The van der Waals surface area contributed by atoms with Crippen LogP contribution >= 0.6 is 0 Å². The van der Waals surface area contributed by atoms with Crippen molar-refractivity contribution in [2.75, 3.05) is 12.4 Å². The molecule has 1 aliphatic heterocycles. The van der Waals surface area contributed by atoms with Gasteiger partial charge in [-0.15, -0.1) is 0 Å². The maximum Gasteiger partial charge on any atom is 0.146 e. The van der Waals surface area contributed by atoms with Crippen LogP contribution in [0, 0.1) is 0 Å². The van der Waals surface area contributed by atoms with Crippen LogP contribution in [0.25, 0.3) is 6.08 Å². The molecule has 1 N–H and O–H groups in total. The number of ether oxygens (including phenoxy) is 1. The van der Waals surface area contributed by atoms with E-state index in [1.54, 1.807) is 7.11 Å². The Hall–Kier alpha value is -1.28. The van der Waals surface area contributed by atoms with Gasteiger partial charge in [0.05, 0.1) is 0 Å². The number of fused-ring (bicyclic) bond motifs is 1. The van der Waals surface area contributed by atoms with Gasteiger partial charge < -0.3 is 10.1 Å². The van der Waals surface area contributed by atoms with Crippen LogP contribution in [-0.4, -0.2) is 13.3 Å². The zero-order chi connectivity index (χ0) is 8.39. The number of hydrogen-bond acceptors (Lipinski definition) is 2. The van der Waals surface area contributed by atoms with Crippen molar-refractivity contribution in [1.82, 2.24) is 0 Å². The Kier molecular flexibility index (Phi) is 1.84. The Morgan fingerprint density at radius 2 is 2.17 bits per heavy atom. The van der Waals surface area contributed by atoms with E-state index in [0.29, 0.717) is 0 Å². The fourth-order valence-electron chi connectivity index (χ4n) is 1.30. The van der Waals surface area contributed by atoms with Gasteiger partial charge in [0.25, 0.3) is 0 Å². The predicted octanol–water partition coefficient (Wildman–Crippen LogP) is 2.10. The summed E-state index contributed by atoms with van der Waals surface area (Å²) in [5.74, 6) is 0. The molecule has 0 aromatic heterocycles. The first kappa shape index (κ1) is 7.37. The van der Waals surface area contributed by atoms with E-state index in [2.05, 4.69) is 17.5 Å². The van der Waals surface area contributed by atoms with Crippen molar-refractivity contribution in [3.05, 3.63) is 35.9 Å². The van der Waals surface area contributed by atoms with Crippen molar-refractivity contribution in [2.24, 2.45) is 0 Å². The van der Waals surface area contributed by atoms with Gasteiger partial charge in [0.15, 0.2) is 0 Å². The lowest BCUT2D eigenvalue weighted by Crippen LogP contribution is -2.21. The Morgan fingerprint density at radius 3 is 3.00 bits per heavy atom. The SMILES string of the molecule is COC1C=Cc2ccccc2N1. The van der Waals surface area contributed by atoms with E-state index in [4.69, 9.17) is 4.74 Å². The van der Waals surface area contributed by atoms with Crippen LogP contribution in [0.1, 0.15) is 5.56 Å². The third kappa shape index (κ3) is 1.21. The summed E-state index contributed by atoms with van der Waals surface area (Å²) < 4.78 is 5.15. The smallest absolute Gasteiger partial charge is 0.146 e. The number of rotatable bonds is 1. The molecule has 0 fully saturated rings. The molecule has 0 saturated heterocycles. The molecular formula is C10H11NO. The highest BCUT2D eigenvalue weighted by Gasteiger charge is 2.09. The fourth-order valence-corrected chi connectivity index (χ4v) is 1.30. The van der Waals surface area contributed by atoms with Crippen molar-refractivity contribution in [1.29, 1.82) is 0 Å². The lowest BCUT2D eigenvalue weighted by atomic mass is 10.1. The minimum Gasteiger partial charge on any atom is -0.358 e. The Balaban J connectivity index is 2.33. The van der Waals surface area contributed by atoms with Gasteiger partial charge in [-0.2, -0.15) is 0 Å². The Morgan fingerprint density at radius 1 is 1.33 bits per heavy atom. The molecular weight excluding hydrogens is 150 g/mol. The first-order chi connectivity index (χ1) is 5.90. The molecule has 62 valence electrons. The van der Waals surface area contributed by atoms with Crippen LogP contribution in [0.4, 0.5) is 5.69 Å². The van der Waals surface area contributed by atoms with Crippen LogP contribution in [0.3, 0.4) is 0 Å². The molecule has 0 aliphatic carbocycles. The normalized spacial score (nSPS) is 19.9. The number of para-hydroxylation sites is 1. The van der Waals surface area contributed by atoms with E-state index in [9.17, 15) is 0 Å². The molecule has 0 saturated carbocycles. The molecule has 0 spiro atoms. The van der Waals surface area contributed by atoms with E-state index in [0.717, 1.165) is 5.69 Å². The molecule has 0 radical (unpaired) electrons. The second kappa shape index (κ2) is 2.99. The molecule has 12 heavy (non-hydrogen) atoms. The number of hydrogen-bond donors (Lipinski definition) is 1. The van der Waals surface area contributed by atoms with E-state index in [1.807, 2.05) is 24.3 Å². The highest BCUT2D eigenvalue weighted by Crippen LogP contribution is 2.22. The molecule has 1 aromatic rings.